The Morgan fingerprint density at radius 1 is 1.27 bits per heavy atom. The summed E-state index contributed by atoms with van der Waals surface area (Å²) in [4.78, 5) is 14.4. The fourth-order valence-electron chi connectivity index (χ4n) is 3.58. The molecule has 5 nitrogen and oxygen atoms in total. The predicted molar refractivity (Wildman–Crippen MR) is 104 cm³/mol. The zero-order chi connectivity index (χ0) is 18.1. The summed E-state index contributed by atoms with van der Waals surface area (Å²) >= 11 is 1.51. The van der Waals surface area contributed by atoms with Gasteiger partial charge in [-0.25, -0.2) is 0 Å². The molecule has 1 saturated carbocycles. The van der Waals surface area contributed by atoms with Crippen molar-refractivity contribution in [3.63, 3.8) is 0 Å². The molecule has 3 aromatic rings. The van der Waals surface area contributed by atoms with Crippen molar-refractivity contribution in [3.05, 3.63) is 46.5 Å². The molecule has 0 radical (unpaired) electrons. The normalized spacial score (nSPS) is 15.1. The predicted octanol–water partition coefficient (Wildman–Crippen LogP) is 5.04. The van der Waals surface area contributed by atoms with Crippen LogP contribution in [0.1, 0.15) is 59.1 Å². The number of amides is 1. The molecule has 0 unspecified atom stereocenters. The topological polar surface area (TPSA) is 70.7 Å². The average Bonchev–Trinajstić information content (AvgIpc) is 3.24. The molecule has 1 aliphatic carbocycles. The number of fused-ring (bicyclic) bond motifs is 1. The van der Waals surface area contributed by atoms with Gasteiger partial charge in [0.1, 0.15) is 4.83 Å². The van der Waals surface area contributed by atoms with Crippen LogP contribution in [0.4, 0.5) is 5.69 Å². The maximum atomic E-state index is 12.6. The van der Waals surface area contributed by atoms with Gasteiger partial charge in [-0.05, 0) is 50.1 Å². The lowest BCUT2D eigenvalue weighted by atomic mass is 9.96. The van der Waals surface area contributed by atoms with Crippen LogP contribution >= 0.6 is 11.3 Å². The third-order valence-electron chi connectivity index (χ3n) is 4.98. The van der Waals surface area contributed by atoms with Crippen molar-refractivity contribution < 1.29 is 4.79 Å². The van der Waals surface area contributed by atoms with Crippen LogP contribution in [0.15, 0.2) is 30.3 Å². The summed E-state index contributed by atoms with van der Waals surface area (Å²) in [5.74, 6) is -0.120. The van der Waals surface area contributed by atoms with E-state index in [1.165, 1.54) is 43.4 Å². The standard InChI is InChI=1S/C20H20N4OS/c1-13-17-11-18(19(25)22-15-9-7-14(12-21)8-10-15)26-20(17)24(23-13)16-5-3-2-4-6-16/h7-11,16H,2-6H2,1H3,(H,22,25). The molecule has 0 saturated heterocycles. The van der Waals surface area contributed by atoms with Gasteiger partial charge in [0.05, 0.1) is 28.2 Å². The minimum atomic E-state index is -0.120. The van der Waals surface area contributed by atoms with Gasteiger partial charge in [0.15, 0.2) is 0 Å². The van der Waals surface area contributed by atoms with E-state index in [9.17, 15) is 4.79 Å². The number of anilines is 1. The van der Waals surface area contributed by atoms with Crippen LogP contribution < -0.4 is 5.32 Å². The van der Waals surface area contributed by atoms with Gasteiger partial charge in [0.25, 0.3) is 5.91 Å². The Morgan fingerprint density at radius 3 is 2.69 bits per heavy atom. The van der Waals surface area contributed by atoms with E-state index in [2.05, 4.69) is 16.1 Å². The van der Waals surface area contributed by atoms with E-state index in [4.69, 9.17) is 10.4 Å². The number of rotatable bonds is 3. The Hall–Kier alpha value is -2.65. The SMILES string of the molecule is Cc1nn(C2CCCCC2)c2sc(C(=O)Nc3ccc(C#N)cc3)cc12. The van der Waals surface area contributed by atoms with Crippen molar-refractivity contribution in [1.82, 2.24) is 9.78 Å². The Morgan fingerprint density at radius 2 is 2.00 bits per heavy atom. The van der Waals surface area contributed by atoms with Crippen molar-refractivity contribution in [2.45, 2.75) is 45.1 Å². The van der Waals surface area contributed by atoms with Crippen molar-refractivity contribution in [1.29, 1.82) is 5.26 Å². The first kappa shape index (κ1) is 16.8. The molecule has 1 N–H and O–H groups in total. The highest BCUT2D eigenvalue weighted by Crippen LogP contribution is 2.35. The molecule has 1 aromatic carbocycles. The van der Waals surface area contributed by atoms with Crippen molar-refractivity contribution in [2.75, 3.05) is 5.32 Å². The molecule has 1 fully saturated rings. The smallest absolute Gasteiger partial charge is 0.265 e. The fourth-order valence-corrected chi connectivity index (χ4v) is 4.71. The molecule has 0 atom stereocenters. The van der Waals surface area contributed by atoms with Gasteiger partial charge in [-0.2, -0.15) is 10.4 Å². The molecule has 2 aromatic heterocycles. The molecule has 0 aliphatic heterocycles. The highest BCUT2D eigenvalue weighted by molar-refractivity contribution is 7.20. The highest BCUT2D eigenvalue weighted by atomic mass is 32.1. The molecule has 4 rings (SSSR count). The first-order valence-electron chi connectivity index (χ1n) is 8.96. The molecule has 2 heterocycles. The summed E-state index contributed by atoms with van der Waals surface area (Å²) in [6, 6.07) is 11.4. The van der Waals surface area contributed by atoms with Gasteiger partial charge in [-0.15, -0.1) is 11.3 Å². The Labute approximate surface area is 156 Å². The van der Waals surface area contributed by atoms with Gasteiger partial charge in [-0.1, -0.05) is 19.3 Å². The maximum absolute atomic E-state index is 12.6. The quantitative estimate of drug-likeness (QED) is 0.708. The second kappa shape index (κ2) is 6.93. The van der Waals surface area contributed by atoms with E-state index < -0.39 is 0 Å². The van der Waals surface area contributed by atoms with E-state index in [1.807, 2.05) is 13.0 Å². The lowest BCUT2D eigenvalue weighted by Gasteiger charge is -2.22. The van der Waals surface area contributed by atoms with Crippen molar-refractivity contribution in [2.24, 2.45) is 0 Å². The summed E-state index contributed by atoms with van der Waals surface area (Å²) in [6.07, 6.45) is 6.15. The summed E-state index contributed by atoms with van der Waals surface area (Å²) in [5, 5.41) is 17.6. The Kier molecular flexibility index (Phi) is 4.48. The minimum absolute atomic E-state index is 0.120. The minimum Gasteiger partial charge on any atom is -0.321 e. The number of benzene rings is 1. The van der Waals surface area contributed by atoms with Gasteiger partial charge >= 0.3 is 0 Å². The van der Waals surface area contributed by atoms with Gasteiger partial charge < -0.3 is 5.32 Å². The molecule has 0 bridgehead atoms. The van der Waals surface area contributed by atoms with Crippen LogP contribution in [0.2, 0.25) is 0 Å². The molecular formula is C20H20N4OS. The largest absolute Gasteiger partial charge is 0.321 e. The zero-order valence-corrected chi connectivity index (χ0v) is 15.5. The first-order chi connectivity index (χ1) is 12.7. The number of hydrogen-bond acceptors (Lipinski definition) is 4. The number of hydrogen-bond donors (Lipinski definition) is 1. The van der Waals surface area contributed by atoms with E-state index in [0.717, 1.165) is 15.9 Å². The van der Waals surface area contributed by atoms with Crippen LogP contribution in [0.5, 0.6) is 0 Å². The molecule has 1 aliphatic rings. The second-order valence-corrected chi connectivity index (χ2v) is 7.83. The zero-order valence-electron chi connectivity index (χ0n) is 14.7. The molecule has 0 spiro atoms. The van der Waals surface area contributed by atoms with Crippen molar-refractivity contribution >= 4 is 33.1 Å². The first-order valence-corrected chi connectivity index (χ1v) is 9.77. The van der Waals surface area contributed by atoms with Gasteiger partial charge in [0.2, 0.25) is 0 Å². The number of aryl methyl sites for hydroxylation is 1. The summed E-state index contributed by atoms with van der Waals surface area (Å²) in [6.45, 7) is 2.01. The molecule has 6 heteroatoms. The molecule has 1 amide bonds. The van der Waals surface area contributed by atoms with Gasteiger partial charge in [-0.3, -0.25) is 9.48 Å². The Bertz CT molecular complexity index is 987. The molecule has 132 valence electrons. The number of nitrogens with one attached hydrogen (secondary N) is 1. The van der Waals surface area contributed by atoms with E-state index in [0.29, 0.717) is 22.2 Å². The van der Waals surface area contributed by atoms with Crippen LogP contribution in [0.25, 0.3) is 10.2 Å². The lowest BCUT2D eigenvalue weighted by molar-refractivity contribution is 0.103. The lowest BCUT2D eigenvalue weighted by Crippen LogP contribution is -2.14. The van der Waals surface area contributed by atoms with E-state index in [1.54, 1.807) is 24.3 Å². The number of aromatic nitrogens is 2. The third kappa shape index (κ3) is 3.11. The van der Waals surface area contributed by atoms with Crippen LogP contribution in [-0.2, 0) is 0 Å². The average molecular weight is 364 g/mol. The number of nitriles is 1. The maximum Gasteiger partial charge on any atom is 0.265 e. The number of carbonyl (C=O) groups is 1. The van der Waals surface area contributed by atoms with Crippen LogP contribution in [0, 0.1) is 18.3 Å². The molecular weight excluding hydrogens is 344 g/mol. The number of nitrogens with zero attached hydrogens (tertiary/aromatic N) is 3. The fraction of sp³-hybridized carbons (Fsp3) is 0.350. The summed E-state index contributed by atoms with van der Waals surface area (Å²) in [7, 11) is 0. The number of carbonyl (C=O) groups excluding carboxylic acids is 1. The van der Waals surface area contributed by atoms with Gasteiger partial charge in [0, 0.05) is 11.1 Å². The van der Waals surface area contributed by atoms with Crippen LogP contribution in [0.3, 0.4) is 0 Å². The molecule has 26 heavy (non-hydrogen) atoms. The summed E-state index contributed by atoms with van der Waals surface area (Å²) in [5.41, 5.74) is 2.25. The third-order valence-corrected chi connectivity index (χ3v) is 6.11. The second-order valence-electron chi connectivity index (χ2n) is 6.79. The van der Waals surface area contributed by atoms with E-state index >= 15 is 0 Å². The highest BCUT2D eigenvalue weighted by Gasteiger charge is 2.22. The monoisotopic (exact) mass is 364 g/mol. The van der Waals surface area contributed by atoms with Crippen molar-refractivity contribution in [3.8, 4) is 6.07 Å². The van der Waals surface area contributed by atoms with Crippen LogP contribution in [-0.4, -0.2) is 15.7 Å². The summed E-state index contributed by atoms with van der Waals surface area (Å²) < 4.78 is 2.15. The Balaban J connectivity index is 1.60. The van der Waals surface area contributed by atoms with E-state index in [-0.39, 0.29) is 5.91 Å². The number of thiophene rings is 1.